The fourth-order valence-corrected chi connectivity index (χ4v) is 2.91. The monoisotopic (exact) mass is 377 g/mol. The van der Waals surface area contributed by atoms with Gasteiger partial charge in [-0.15, -0.1) is 11.3 Å². The fraction of sp³-hybridized carbons (Fsp3) is 0.143. The molecular weight excluding hydrogens is 369 g/mol. The van der Waals surface area contributed by atoms with E-state index in [1.807, 2.05) is 6.92 Å². The van der Waals surface area contributed by atoms with E-state index in [1.165, 1.54) is 23.5 Å². The summed E-state index contributed by atoms with van der Waals surface area (Å²) in [6, 6.07) is 6.29. The zero-order valence-corrected chi connectivity index (χ0v) is 14.4. The lowest BCUT2D eigenvalue weighted by Gasteiger charge is -2.09. The Labute approximate surface area is 145 Å². The van der Waals surface area contributed by atoms with Crippen LogP contribution in [0.3, 0.4) is 0 Å². The molecule has 0 unspecified atom stereocenters. The number of halogens is 3. The zero-order valence-electron chi connectivity index (χ0n) is 11.3. The number of rotatable bonds is 4. The van der Waals surface area contributed by atoms with Gasteiger partial charge in [0.25, 0.3) is 5.91 Å². The van der Waals surface area contributed by atoms with Crippen molar-refractivity contribution >= 4 is 63.7 Å². The van der Waals surface area contributed by atoms with Crippen LogP contribution in [0, 0.1) is 6.92 Å². The number of hydrogen-bond acceptors (Lipinski definition) is 4. The van der Waals surface area contributed by atoms with Crippen LogP contribution in [0.2, 0.25) is 15.1 Å². The first-order valence-corrected chi connectivity index (χ1v) is 8.00. The average molecular weight is 379 g/mol. The van der Waals surface area contributed by atoms with Crippen molar-refractivity contribution in [3.8, 4) is 0 Å². The molecule has 0 saturated heterocycles. The summed E-state index contributed by atoms with van der Waals surface area (Å²) in [6.45, 7) is 1.45. The van der Waals surface area contributed by atoms with Crippen molar-refractivity contribution in [2.75, 3.05) is 11.9 Å². The van der Waals surface area contributed by atoms with Crippen LogP contribution in [0.5, 0.6) is 0 Å². The van der Waals surface area contributed by atoms with E-state index >= 15 is 0 Å². The Bertz CT molecular complexity index is 730. The third-order valence-corrected chi connectivity index (χ3v) is 4.58. The summed E-state index contributed by atoms with van der Waals surface area (Å²) in [4.78, 5) is 24.9. The largest absolute Gasteiger partial charge is 0.451 e. The maximum atomic E-state index is 11.8. The third kappa shape index (κ3) is 4.36. The number of nitrogens with one attached hydrogen (secondary N) is 1. The number of anilines is 1. The average Bonchev–Trinajstić information content (AvgIpc) is 2.89. The predicted octanol–water partition coefficient (Wildman–Crippen LogP) is 4.81. The second-order valence-corrected chi connectivity index (χ2v) is 6.79. The quantitative estimate of drug-likeness (QED) is 0.613. The minimum atomic E-state index is -0.548. The van der Waals surface area contributed by atoms with E-state index in [9.17, 15) is 9.59 Å². The third-order valence-electron chi connectivity index (χ3n) is 2.56. The van der Waals surface area contributed by atoms with E-state index in [2.05, 4.69) is 5.32 Å². The van der Waals surface area contributed by atoms with Gasteiger partial charge in [0.05, 0.1) is 20.8 Å². The number of aryl methyl sites for hydroxylation is 1. The normalized spacial score (nSPS) is 10.4. The van der Waals surface area contributed by atoms with Crippen molar-refractivity contribution < 1.29 is 14.3 Å². The SMILES string of the molecule is Cc1ccc(C(=O)OCC(=O)Nc2cc(Cl)c(Cl)cc2Cl)s1. The molecule has 0 aliphatic heterocycles. The van der Waals surface area contributed by atoms with Crippen LogP contribution in [0.25, 0.3) is 0 Å². The highest BCUT2D eigenvalue weighted by molar-refractivity contribution is 7.13. The van der Waals surface area contributed by atoms with Gasteiger partial charge in [-0.05, 0) is 31.2 Å². The van der Waals surface area contributed by atoms with Crippen molar-refractivity contribution in [3.05, 3.63) is 49.1 Å². The van der Waals surface area contributed by atoms with Crippen LogP contribution in [0.4, 0.5) is 5.69 Å². The van der Waals surface area contributed by atoms with Gasteiger partial charge in [0.2, 0.25) is 0 Å². The lowest BCUT2D eigenvalue weighted by atomic mass is 10.3. The van der Waals surface area contributed by atoms with E-state index < -0.39 is 18.5 Å². The Morgan fingerprint density at radius 1 is 1.14 bits per heavy atom. The van der Waals surface area contributed by atoms with Crippen LogP contribution in [-0.2, 0) is 9.53 Å². The molecular formula is C14H10Cl3NO3S. The summed E-state index contributed by atoms with van der Waals surface area (Å²) in [5, 5.41) is 3.28. The summed E-state index contributed by atoms with van der Waals surface area (Å²) >= 11 is 18.9. The van der Waals surface area contributed by atoms with E-state index in [0.29, 0.717) is 10.6 Å². The minimum Gasteiger partial charge on any atom is -0.451 e. The predicted molar refractivity (Wildman–Crippen MR) is 89.4 cm³/mol. The fourth-order valence-electron chi connectivity index (χ4n) is 1.55. The molecule has 0 aliphatic carbocycles. The molecule has 0 atom stereocenters. The van der Waals surface area contributed by atoms with Crippen LogP contribution in [0.15, 0.2) is 24.3 Å². The molecule has 4 nitrogen and oxygen atoms in total. The molecule has 1 aromatic carbocycles. The number of hydrogen-bond donors (Lipinski definition) is 1. The molecule has 0 spiro atoms. The van der Waals surface area contributed by atoms with Gasteiger partial charge < -0.3 is 10.1 Å². The molecule has 1 aromatic heterocycles. The van der Waals surface area contributed by atoms with Gasteiger partial charge in [-0.2, -0.15) is 0 Å². The molecule has 0 radical (unpaired) electrons. The number of esters is 1. The number of carbonyl (C=O) groups excluding carboxylic acids is 2. The molecule has 1 amide bonds. The topological polar surface area (TPSA) is 55.4 Å². The molecule has 2 aromatic rings. The van der Waals surface area contributed by atoms with Gasteiger partial charge in [-0.3, -0.25) is 4.79 Å². The van der Waals surface area contributed by atoms with E-state index in [4.69, 9.17) is 39.5 Å². The molecule has 0 fully saturated rings. The van der Waals surface area contributed by atoms with Crippen molar-refractivity contribution in [1.29, 1.82) is 0 Å². The van der Waals surface area contributed by atoms with E-state index in [1.54, 1.807) is 12.1 Å². The Hall–Kier alpha value is -1.27. The highest BCUT2D eigenvalue weighted by atomic mass is 35.5. The van der Waals surface area contributed by atoms with Crippen LogP contribution in [0.1, 0.15) is 14.5 Å². The summed E-state index contributed by atoms with van der Waals surface area (Å²) in [6.07, 6.45) is 0. The summed E-state index contributed by atoms with van der Waals surface area (Å²) < 4.78 is 4.93. The number of amides is 1. The first-order valence-electron chi connectivity index (χ1n) is 6.05. The minimum absolute atomic E-state index is 0.239. The standard InChI is InChI=1S/C14H10Cl3NO3S/c1-7-2-3-12(22-7)14(20)21-6-13(19)18-11-5-9(16)8(15)4-10(11)17/h2-5H,6H2,1H3,(H,18,19). The van der Waals surface area contributed by atoms with Gasteiger partial charge in [0, 0.05) is 4.88 Å². The van der Waals surface area contributed by atoms with Gasteiger partial charge in [-0.1, -0.05) is 34.8 Å². The zero-order chi connectivity index (χ0) is 16.3. The molecule has 1 N–H and O–H groups in total. The lowest BCUT2D eigenvalue weighted by Crippen LogP contribution is -2.20. The molecule has 0 saturated carbocycles. The van der Waals surface area contributed by atoms with Crippen molar-refractivity contribution in [2.45, 2.75) is 6.92 Å². The smallest absolute Gasteiger partial charge is 0.348 e. The number of benzene rings is 1. The summed E-state index contributed by atoms with van der Waals surface area (Å²) in [7, 11) is 0. The molecule has 8 heteroatoms. The van der Waals surface area contributed by atoms with Gasteiger partial charge in [0.15, 0.2) is 6.61 Å². The maximum absolute atomic E-state index is 11.8. The van der Waals surface area contributed by atoms with Gasteiger partial charge in [-0.25, -0.2) is 4.79 Å². The number of ether oxygens (including phenoxy) is 1. The molecule has 116 valence electrons. The molecule has 22 heavy (non-hydrogen) atoms. The Morgan fingerprint density at radius 2 is 1.82 bits per heavy atom. The number of carbonyl (C=O) groups is 2. The van der Waals surface area contributed by atoms with Gasteiger partial charge in [0.1, 0.15) is 4.88 Å². The molecule has 0 aliphatic rings. The lowest BCUT2D eigenvalue weighted by molar-refractivity contribution is -0.119. The van der Waals surface area contributed by atoms with Gasteiger partial charge >= 0.3 is 5.97 Å². The summed E-state index contributed by atoms with van der Waals surface area (Å²) in [5.74, 6) is -1.07. The second-order valence-electron chi connectivity index (χ2n) is 4.28. The van der Waals surface area contributed by atoms with E-state index in [0.717, 1.165) is 4.88 Å². The van der Waals surface area contributed by atoms with Crippen LogP contribution >= 0.6 is 46.1 Å². The first kappa shape index (κ1) is 17.1. The molecule has 2 rings (SSSR count). The Balaban J connectivity index is 1.93. The highest BCUT2D eigenvalue weighted by Gasteiger charge is 2.14. The second kappa shape index (κ2) is 7.33. The van der Waals surface area contributed by atoms with E-state index in [-0.39, 0.29) is 15.1 Å². The highest BCUT2D eigenvalue weighted by Crippen LogP contribution is 2.32. The van der Waals surface area contributed by atoms with Crippen molar-refractivity contribution in [3.63, 3.8) is 0 Å². The van der Waals surface area contributed by atoms with Crippen LogP contribution < -0.4 is 5.32 Å². The molecule has 0 bridgehead atoms. The summed E-state index contributed by atoms with van der Waals surface area (Å²) in [5.41, 5.74) is 0.295. The Morgan fingerprint density at radius 3 is 2.45 bits per heavy atom. The molecule has 1 heterocycles. The maximum Gasteiger partial charge on any atom is 0.348 e. The van der Waals surface area contributed by atoms with Crippen molar-refractivity contribution in [2.24, 2.45) is 0 Å². The first-order chi connectivity index (χ1) is 10.4. The Kier molecular flexibility index (Phi) is 5.69. The number of thiophene rings is 1. The van der Waals surface area contributed by atoms with Crippen LogP contribution in [-0.4, -0.2) is 18.5 Å². The van der Waals surface area contributed by atoms with Crippen molar-refractivity contribution in [1.82, 2.24) is 0 Å².